The molecule has 3 amide bonds. The lowest BCUT2D eigenvalue weighted by Crippen LogP contribution is -2.46. The molecule has 18 heavy (non-hydrogen) atoms. The van der Waals surface area contributed by atoms with Crippen LogP contribution in [0.4, 0.5) is 18.0 Å². The molecule has 0 aliphatic carbocycles. The number of alkyl halides is 3. The minimum absolute atomic E-state index is 0.0584. The van der Waals surface area contributed by atoms with Crippen molar-refractivity contribution >= 4 is 11.9 Å². The van der Waals surface area contributed by atoms with Gasteiger partial charge in [-0.3, -0.25) is 15.0 Å². The summed E-state index contributed by atoms with van der Waals surface area (Å²) in [6, 6.07) is -0.765. The highest BCUT2D eigenvalue weighted by Gasteiger charge is 2.31. The summed E-state index contributed by atoms with van der Waals surface area (Å²) in [5, 5.41) is 4.01. The SMILES string of the molecule is CNC(=O)NC(=O)CN(CCOC)CC(F)(F)F. The number of imide groups is 1. The lowest BCUT2D eigenvalue weighted by Gasteiger charge is -2.22. The Morgan fingerprint density at radius 1 is 1.33 bits per heavy atom. The van der Waals surface area contributed by atoms with Gasteiger partial charge in [-0.05, 0) is 0 Å². The molecular formula is C9H16F3N3O3. The third-order valence-electron chi connectivity index (χ3n) is 1.86. The number of amides is 3. The molecule has 0 aliphatic rings. The summed E-state index contributed by atoms with van der Waals surface area (Å²) in [7, 11) is 2.64. The number of carbonyl (C=O) groups excluding carboxylic acids is 2. The van der Waals surface area contributed by atoms with Gasteiger partial charge in [0.2, 0.25) is 5.91 Å². The van der Waals surface area contributed by atoms with Crippen LogP contribution >= 0.6 is 0 Å². The minimum atomic E-state index is -4.42. The Balaban J connectivity index is 4.30. The smallest absolute Gasteiger partial charge is 0.383 e. The highest BCUT2D eigenvalue weighted by Crippen LogP contribution is 2.16. The molecule has 0 rings (SSSR count). The number of nitrogens with one attached hydrogen (secondary N) is 2. The molecule has 106 valence electrons. The van der Waals surface area contributed by atoms with E-state index in [2.05, 4.69) is 10.1 Å². The van der Waals surface area contributed by atoms with Crippen molar-refractivity contribution in [2.75, 3.05) is 40.4 Å². The summed E-state index contributed by atoms with van der Waals surface area (Å²) in [4.78, 5) is 22.9. The van der Waals surface area contributed by atoms with Gasteiger partial charge in [0, 0.05) is 20.7 Å². The first-order valence-electron chi connectivity index (χ1n) is 5.08. The van der Waals surface area contributed by atoms with Gasteiger partial charge in [-0.1, -0.05) is 0 Å². The Labute approximate surface area is 102 Å². The van der Waals surface area contributed by atoms with E-state index in [0.717, 1.165) is 4.90 Å². The fraction of sp³-hybridized carbons (Fsp3) is 0.778. The van der Waals surface area contributed by atoms with Gasteiger partial charge >= 0.3 is 12.2 Å². The van der Waals surface area contributed by atoms with Crippen LogP contribution in [0, 0.1) is 0 Å². The average molecular weight is 271 g/mol. The van der Waals surface area contributed by atoms with Crippen molar-refractivity contribution in [2.24, 2.45) is 0 Å². The Hall–Kier alpha value is -1.35. The van der Waals surface area contributed by atoms with E-state index < -0.39 is 31.2 Å². The Morgan fingerprint density at radius 2 is 1.94 bits per heavy atom. The van der Waals surface area contributed by atoms with E-state index in [4.69, 9.17) is 0 Å². The van der Waals surface area contributed by atoms with Gasteiger partial charge in [-0.15, -0.1) is 0 Å². The zero-order valence-electron chi connectivity index (χ0n) is 10.1. The second-order valence-electron chi connectivity index (χ2n) is 3.45. The number of methoxy groups -OCH3 is 1. The Bertz CT molecular complexity index is 284. The van der Waals surface area contributed by atoms with E-state index in [0.29, 0.717) is 0 Å². The highest BCUT2D eigenvalue weighted by molar-refractivity contribution is 5.95. The van der Waals surface area contributed by atoms with Crippen LogP contribution in [-0.4, -0.2) is 63.4 Å². The molecule has 0 unspecified atom stereocenters. The van der Waals surface area contributed by atoms with Crippen molar-refractivity contribution in [1.29, 1.82) is 0 Å². The zero-order valence-corrected chi connectivity index (χ0v) is 10.1. The van der Waals surface area contributed by atoms with Gasteiger partial charge in [0.05, 0.1) is 19.7 Å². The van der Waals surface area contributed by atoms with E-state index in [1.54, 1.807) is 0 Å². The molecule has 0 bridgehead atoms. The summed E-state index contributed by atoms with van der Waals surface area (Å²) in [5.41, 5.74) is 0. The number of hydrogen-bond donors (Lipinski definition) is 2. The van der Waals surface area contributed by atoms with Crippen LogP contribution < -0.4 is 10.6 Å². The molecule has 0 atom stereocenters. The van der Waals surface area contributed by atoms with E-state index in [-0.39, 0.29) is 13.2 Å². The first-order valence-corrected chi connectivity index (χ1v) is 5.08. The van der Waals surface area contributed by atoms with Crippen LogP contribution in [0.1, 0.15) is 0 Å². The molecule has 2 N–H and O–H groups in total. The summed E-state index contributed by atoms with van der Waals surface area (Å²) in [6.45, 7) is -1.77. The molecule has 0 aromatic rings. The summed E-state index contributed by atoms with van der Waals surface area (Å²) in [5.74, 6) is -0.810. The predicted octanol–water partition coefficient (Wildman–Crippen LogP) is -0.0473. The molecule has 0 saturated carbocycles. The fourth-order valence-corrected chi connectivity index (χ4v) is 1.12. The van der Waals surface area contributed by atoms with Gasteiger partial charge in [0.1, 0.15) is 0 Å². The van der Waals surface area contributed by atoms with E-state index in [1.165, 1.54) is 14.2 Å². The number of halogens is 3. The second-order valence-corrected chi connectivity index (χ2v) is 3.45. The lowest BCUT2D eigenvalue weighted by atomic mass is 10.4. The number of urea groups is 1. The summed E-state index contributed by atoms with van der Waals surface area (Å²) in [6.07, 6.45) is -4.42. The maximum Gasteiger partial charge on any atom is 0.401 e. The molecule has 0 aliphatic heterocycles. The third kappa shape index (κ3) is 8.76. The lowest BCUT2D eigenvalue weighted by molar-refractivity contribution is -0.149. The maximum atomic E-state index is 12.2. The van der Waals surface area contributed by atoms with Crippen molar-refractivity contribution in [3.63, 3.8) is 0 Å². The van der Waals surface area contributed by atoms with E-state index in [9.17, 15) is 22.8 Å². The summed E-state index contributed by atoms with van der Waals surface area (Å²) >= 11 is 0. The largest absolute Gasteiger partial charge is 0.401 e. The molecule has 9 heteroatoms. The van der Waals surface area contributed by atoms with Crippen LogP contribution in [0.25, 0.3) is 0 Å². The molecule has 6 nitrogen and oxygen atoms in total. The van der Waals surface area contributed by atoms with Gasteiger partial charge in [-0.25, -0.2) is 4.79 Å². The quantitative estimate of drug-likeness (QED) is 0.711. The minimum Gasteiger partial charge on any atom is -0.383 e. The molecule has 0 fully saturated rings. The third-order valence-corrected chi connectivity index (χ3v) is 1.86. The number of rotatable bonds is 6. The van der Waals surface area contributed by atoms with Crippen LogP contribution in [0.15, 0.2) is 0 Å². The number of nitrogens with zero attached hydrogens (tertiary/aromatic N) is 1. The van der Waals surface area contributed by atoms with Crippen LogP contribution in [0.3, 0.4) is 0 Å². The normalized spacial score (nSPS) is 11.4. The molecule has 0 radical (unpaired) electrons. The first-order chi connectivity index (χ1) is 8.28. The molecule has 0 spiro atoms. The topological polar surface area (TPSA) is 70.7 Å². The molecule has 0 aromatic carbocycles. The van der Waals surface area contributed by atoms with Gasteiger partial charge < -0.3 is 10.1 Å². The fourth-order valence-electron chi connectivity index (χ4n) is 1.12. The average Bonchev–Trinajstić information content (AvgIpc) is 2.23. The number of ether oxygens (including phenoxy) is 1. The molecule has 0 saturated heterocycles. The molecular weight excluding hydrogens is 255 g/mol. The maximum absolute atomic E-state index is 12.2. The monoisotopic (exact) mass is 271 g/mol. The standard InChI is InChI=1S/C9H16F3N3O3/c1-13-8(17)14-7(16)5-15(3-4-18-2)6-9(10,11)12/h3-6H2,1-2H3,(H2,13,14,16,17). The van der Waals surface area contributed by atoms with Crippen molar-refractivity contribution in [3.8, 4) is 0 Å². The Kier molecular flexibility index (Phi) is 7.29. The van der Waals surface area contributed by atoms with Gasteiger partial charge in [0.15, 0.2) is 0 Å². The van der Waals surface area contributed by atoms with Gasteiger partial charge in [0.25, 0.3) is 0 Å². The molecule has 0 aromatic heterocycles. The van der Waals surface area contributed by atoms with Crippen molar-refractivity contribution < 1.29 is 27.5 Å². The molecule has 0 heterocycles. The summed E-state index contributed by atoms with van der Waals surface area (Å²) < 4.78 is 41.3. The van der Waals surface area contributed by atoms with Crippen molar-refractivity contribution in [1.82, 2.24) is 15.5 Å². The Morgan fingerprint density at radius 3 is 2.39 bits per heavy atom. The van der Waals surface area contributed by atoms with Crippen LogP contribution in [-0.2, 0) is 9.53 Å². The zero-order chi connectivity index (χ0) is 14.2. The number of carbonyl (C=O) groups is 2. The first kappa shape index (κ1) is 16.6. The van der Waals surface area contributed by atoms with Crippen LogP contribution in [0.5, 0.6) is 0 Å². The van der Waals surface area contributed by atoms with E-state index in [1.807, 2.05) is 5.32 Å². The second kappa shape index (κ2) is 7.88. The predicted molar refractivity (Wildman–Crippen MR) is 57.0 cm³/mol. The van der Waals surface area contributed by atoms with Crippen molar-refractivity contribution in [3.05, 3.63) is 0 Å². The van der Waals surface area contributed by atoms with Crippen molar-refractivity contribution in [2.45, 2.75) is 6.18 Å². The number of hydrogen-bond acceptors (Lipinski definition) is 4. The highest BCUT2D eigenvalue weighted by atomic mass is 19.4. The van der Waals surface area contributed by atoms with Gasteiger partial charge in [-0.2, -0.15) is 13.2 Å². The van der Waals surface area contributed by atoms with Crippen LogP contribution in [0.2, 0.25) is 0 Å². The van der Waals surface area contributed by atoms with E-state index >= 15 is 0 Å².